The van der Waals surface area contributed by atoms with Gasteiger partial charge in [-0.1, -0.05) is 19.8 Å². The lowest BCUT2D eigenvalue weighted by Gasteiger charge is -2.50. The number of rotatable bonds is 1. The van der Waals surface area contributed by atoms with Crippen LogP contribution in [0.4, 0.5) is 0 Å². The van der Waals surface area contributed by atoms with Gasteiger partial charge < -0.3 is 5.32 Å². The van der Waals surface area contributed by atoms with Gasteiger partial charge in [-0.15, -0.1) is 0 Å². The highest BCUT2D eigenvalue weighted by molar-refractivity contribution is 4.93. The Morgan fingerprint density at radius 3 is 2.65 bits per heavy atom. The van der Waals surface area contributed by atoms with Crippen LogP contribution in [-0.2, 0) is 0 Å². The van der Waals surface area contributed by atoms with Crippen LogP contribution in [-0.4, -0.2) is 36.6 Å². The zero-order chi connectivity index (χ0) is 11.7. The van der Waals surface area contributed by atoms with Crippen molar-refractivity contribution >= 4 is 0 Å². The van der Waals surface area contributed by atoms with Crippen LogP contribution in [0.5, 0.6) is 0 Å². The molecule has 17 heavy (non-hydrogen) atoms. The van der Waals surface area contributed by atoms with Gasteiger partial charge in [0, 0.05) is 12.1 Å². The molecular weight excluding hydrogens is 208 g/mol. The van der Waals surface area contributed by atoms with Gasteiger partial charge in [0.15, 0.2) is 0 Å². The second-order valence-electron chi connectivity index (χ2n) is 6.53. The molecule has 98 valence electrons. The van der Waals surface area contributed by atoms with E-state index in [1.54, 1.807) is 0 Å². The normalized spacial score (nSPS) is 44.3. The highest BCUT2D eigenvalue weighted by Crippen LogP contribution is 2.38. The minimum atomic E-state index is 0.851. The maximum absolute atomic E-state index is 3.55. The Balaban J connectivity index is 1.71. The molecule has 2 heterocycles. The second kappa shape index (κ2) is 5.27. The van der Waals surface area contributed by atoms with E-state index >= 15 is 0 Å². The molecule has 0 bridgehead atoms. The lowest BCUT2D eigenvalue weighted by molar-refractivity contribution is -0.00210. The molecule has 0 aromatic carbocycles. The fourth-order valence-corrected chi connectivity index (χ4v) is 4.57. The Kier molecular flexibility index (Phi) is 3.72. The fourth-order valence-electron chi connectivity index (χ4n) is 4.57. The van der Waals surface area contributed by atoms with E-state index in [0.29, 0.717) is 0 Å². The molecule has 3 aliphatic rings. The van der Waals surface area contributed by atoms with Crippen molar-refractivity contribution in [1.29, 1.82) is 0 Å². The van der Waals surface area contributed by atoms with Gasteiger partial charge in [-0.2, -0.15) is 0 Å². The van der Waals surface area contributed by atoms with Crippen LogP contribution in [0.25, 0.3) is 0 Å². The van der Waals surface area contributed by atoms with E-state index in [-0.39, 0.29) is 0 Å². The summed E-state index contributed by atoms with van der Waals surface area (Å²) in [6.45, 7) is 6.31. The Bertz CT molecular complexity index is 245. The van der Waals surface area contributed by atoms with Crippen molar-refractivity contribution in [2.75, 3.05) is 19.6 Å². The number of hydrogen-bond acceptors (Lipinski definition) is 2. The van der Waals surface area contributed by atoms with E-state index in [2.05, 4.69) is 17.1 Å². The quantitative estimate of drug-likeness (QED) is 0.753. The summed E-state index contributed by atoms with van der Waals surface area (Å²) >= 11 is 0. The van der Waals surface area contributed by atoms with Gasteiger partial charge in [0.25, 0.3) is 0 Å². The van der Waals surface area contributed by atoms with Crippen LogP contribution < -0.4 is 5.32 Å². The molecule has 3 fully saturated rings. The first-order valence-electron chi connectivity index (χ1n) is 7.82. The summed E-state index contributed by atoms with van der Waals surface area (Å²) in [5, 5.41) is 3.55. The molecule has 2 saturated heterocycles. The second-order valence-corrected chi connectivity index (χ2v) is 6.53. The summed E-state index contributed by atoms with van der Waals surface area (Å²) in [6, 6.07) is 1.82. The van der Waals surface area contributed by atoms with Gasteiger partial charge in [0.2, 0.25) is 0 Å². The molecule has 0 spiro atoms. The number of hydrogen-bond donors (Lipinski definition) is 1. The third-order valence-corrected chi connectivity index (χ3v) is 5.45. The number of nitrogens with zero attached hydrogens (tertiary/aromatic N) is 1. The van der Waals surface area contributed by atoms with Gasteiger partial charge in [-0.05, 0) is 63.6 Å². The van der Waals surface area contributed by atoms with Crippen LogP contribution in [0, 0.1) is 11.8 Å². The zero-order valence-corrected chi connectivity index (χ0v) is 11.3. The molecule has 2 nitrogen and oxygen atoms in total. The maximum atomic E-state index is 3.55. The SMILES string of the molecule is CC1CNCCC1N1CCCC2CCCCC21. The van der Waals surface area contributed by atoms with E-state index in [0.717, 1.165) is 23.9 Å². The highest BCUT2D eigenvalue weighted by Gasteiger charge is 2.38. The Labute approximate surface area is 106 Å². The van der Waals surface area contributed by atoms with Crippen LogP contribution in [0.3, 0.4) is 0 Å². The number of nitrogens with one attached hydrogen (secondary N) is 1. The summed E-state index contributed by atoms with van der Waals surface area (Å²) in [5.41, 5.74) is 0. The molecule has 3 rings (SSSR count). The fraction of sp³-hybridized carbons (Fsp3) is 1.00. The minimum absolute atomic E-state index is 0.851. The minimum Gasteiger partial charge on any atom is -0.316 e. The first kappa shape index (κ1) is 12.0. The van der Waals surface area contributed by atoms with E-state index in [9.17, 15) is 0 Å². The molecule has 0 aromatic rings. The molecule has 1 aliphatic carbocycles. The van der Waals surface area contributed by atoms with E-state index < -0.39 is 0 Å². The predicted molar refractivity (Wildman–Crippen MR) is 72.1 cm³/mol. The summed E-state index contributed by atoms with van der Waals surface area (Å²) in [6.07, 6.45) is 10.3. The topological polar surface area (TPSA) is 15.3 Å². The first-order valence-corrected chi connectivity index (χ1v) is 7.82. The van der Waals surface area contributed by atoms with Gasteiger partial charge in [0.05, 0.1) is 0 Å². The van der Waals surface area contributed by atoms with E-state index in [1.807, 2.05) is 0 Å². The average molecular weight is 236 g/mol. The molecule has 4 atom stereocenters. The number of likely N-dealkylation sites (tertiary alicyclic amines) is 1. The third-order valence-electron chi connectivity index (χ3n) is 5.45. The summed E-state index contributed by atoms with van der Waals surface area (Å²) in [7, 11) is 0. The molecule has 0 aromatic heterocycles. The smallest absolute Gasteiger partial charge is 0.0148 e. The van der Waals surface area contributed by atoms with Crippen molar-refractivity contribution in [1.82, 2.24) is 10.2 Å². The highest BCUT2D eigenvalue weighted by atomic mass is 15.2. The van der Waals surface area contributed by atoms with E-state index in [4.69, 9.17) is 0 Å². The Hall–Kier alpha value is -0.0800. The van der Waals surface area contributed by atoms with Crippen molar-refractivity contribution in [3.63, 3.8) is 0 Å². The van der Waals surface area contributed by atoms with Crippen molar-refractivity contribution in [3.05, 3.63) is 0 Å². The molecular formula is C15H28N2. The molecule has 2 heteroatoms. The van der Waals surface area contributed by atoms with Crippen LogP contribution in [0.2, 0.25) is 0 Å². The number of fused-ring (bicyclic) bond motifs is 1. The molecule has 4 unspecified atom stereocenters. The predicted octanol–water partition coefficient (Wildman–Crippen LogP) is 2.64. The summed E-state index contributed by atoms with van der Waals surface area (Å²) in [4.78, 5) is 2.93. The molecule has 0 amide bonds. The van der Waals surface area contributed by atoms with Crippen LogP contribution in [0.1, 0.15) is 51.9 Å². The van der Waals surface area contributed by atoms with E-state index in [1.165, 1.54) is 64.6 Å². The Morgan fingerprint density at radius 2 is 1.76 bits per heavy atom. The largest absolute Gasteiger partial charge is 0.316 e. The van der Waals surface area contributed by atoms with Crippen molar-refractivity contribution in [2.24, 2.45) is 11.8 Å². The lowest BCUT2D eigenvalue weighted by atomic mass is 9.76. The molecule has 1 saturated carbocycles. The van der Waals surface area contributed by atoms with Crippen molar-refractivity contribution in [2.45, 2.75) is 64.0 Å². The van der Waals surface area contributed by atoms with Gasteiger partial charge in [0.1, 0.15) is 0 Å². The third kappa shape index (κ3) is 2.39. The zero-order valence-electron chi connectivity index (χ0n) is 11.3. The maximum Gasteiger partial charge on any atom is 0.0148 e. The Morgan fingerprint density at radius 1 is 0.941 bits per heavy atom. The average Bonchev–Trinajstić information content (AvgIpc) is 2.39. The van der Waals surface area contributed by atoms with Crippen LogP contribution >= 0.6 is 0 Å². The summed E-state index contributed by atoms with van der Waals surface area (Å²) in [5.74, 6) is 1.89. The van der Waals surface area contributed by atoms with Crippen LogP contribution in [0.15, 0.2) is 0 Å². The van der Waals surface area contributed by atoms with Gasteiger partial charge in [-0.25, -0.2) is 0 Å². The monoisotopic (exact) mass is 236 g/mol. The number of piperidine rings is 2. The van der Waals surface area contributed by atoms with Gasteiger partial charge in [-0.3, -0.25) is 4.90 Å². The summed E-state index contributed by atoms with van der Waals surface area (Å²) < 4.78 is 0. The van der Waals surface area contributed by atoms with Crippen molar-refractivity contribution in [3.8, 4) is 0 Å². The molecule has 2 aliphatic heterocycles. The lowest BCUT2D eigenvalue weighted by Crippen LogP contribution is -2.56. The van der Waals surface area contributed by atoms with Crippen molar-refractivity contribution < 1.29 is 0 Å². The standard InChI is InChI=1S/C15H28N2/c1-12-11-16-9-8-14(12)17-10-4-6-13-5-2-3-7-15(13)17/h12-16H,2-11H2,1H3. The first-order chi connectivity index (χ1) is 8.36. The molecule has 0 radical (unpaired) electrons. The molecule has 1 N–H and O–H groups in total. The van der Waals surface area contributed by atoms with Gasteiger partial charge >= 0.3 is 0 Å².